The number of nitriles is 1. The highest BCUT2D eigenvalue weighted by Gasteiger charge is 2.08. The lowest BCUT2D eigenvalue weighted by Gasteiger charge is -1.96. The molecule has 1 N–H and O–H groups in total. The van der Waals surface area contributed by atoms with E-state index in [0.717, 1.165) is 5.56 Å². The number of hydrogen-bond donors (Lipinski definition) is 1. The van der Waals surface area contributed by atoms with Gasteiger partial charge in [0.2, 0.25) is 0 Å². The molecule has 0 aliphatic heterocycles. The maximum Gasteiger partial charge on any atom is 0.346 e. The third-order valence-electron chi connectivity index (χ3n) is 2.39. The minimum absolute atomic E-state index is 0.309. The van der Waals surface area contributed by atoms with Crippen LogP contribution in [0, 0.1) is 11.3 Å². The fourth-order valence-electron chi connectivity index (χ4n) is 1.48. The van der Waals surface area contributed by atoms with E-state index in [0.29, 0.717) is 16.5 Å². The molecule has 0 aliphatic rings. The molecule has 0 atom stereocenters. The van der Waals surface area contributed by atoms with Crippen LogP contribution in [0.3, 0.4) is 0 Å². The Hall–Kier alpha value is -2.51. The first-order valence-corrected chi connectivity index (χ1v) is 5.69. The molecule has 0 unspecified atom stereocenters. The molecule has 0 radical (unpaired) electrons. The number of benzene rings is 1. The van der Waals surface area contributed by atoms with Crippen LogP contribution >= 0.6 is 11.6 Å². The summed E-state index contributed by atoms with van der Waals surface area (Å²) in [5, 5.41) is 18.0. The first kappa shape index (κ1) is 12.9. The Morgan fingerprint density at radius 3 is 2.53 bits per heavy atom. The van der Waals surface area contributed by atoms with Crippen molar-refractivity contribution in [2.45, 2.75) is 0 Å². The first-order chi connectivity index (χ1) is 9.10. The molecule has 0 fully saturated rings. The number of carboxylic acids is 1. The van der Waals surface area contributed by atoms with Gasteiger partial charge >= 0.3 is 5.97 Å². The molecule has 0 amide bonds. The monoisotopic (exact) mass is 273 g/mol. The van der Waals surface area contributed by atoms with E-state index in [-0.39, 0.29) is 5.57 Å². The molecule has 4 nitrogen and oxygen atoms in total. The third kappa shape index (κ3) is 3.03. The van der Waals surface area contributed by atoms with Crippen molar-refractivity contribution in [1.82, 2.24) is 0 Å². The van der Waals surface area contributed by atoms with Gasteiger partial charge < -0.3 is 9.52 Å². The molecule has 1 aromatic heterocycles. The quantitative estimate of drug-likeness (QED) is 0.685. The molecule has 5 heteroatoms. The number of rotatable bonds is 3. The number of nitrogens with zero attached hydrogens (tertiary/aromatic N) is 1. The second kappa shape index (κ2) is 5.42. The fraction of sp³-hybridized carbons (Fsp3) is 0. The van der Waals surface area contributed by atoms with Crippen LogP contribution < -0.4 is 0 Å². The molecule has 2 rings (SSSR count). The maximum absolute atomic E-state index is 10.7. The predicted octanol–water partition coefficient (Wildman–Crippen LogP) is 3.59. The summed E-state index contributed by atoms with van der Waals surface area (Å²) in [5.74, 6) is -0.401. The van der Waals surface area contributed by atoms with E-state index in [4.69, 9.17) is 26.4 Å². The van der Waals surface area contributed by atoms with Gasteiger partial charge in [0, 0.05) is 16.7 Å². The van der Waals surface area contributed by atoms with E-state index in [9.17, 15) is 4.79 Å². The third-order valence-corrected chi connectivity index (χ3v) is 2.64. The largest absolute Gasteiger partial charge is 0.477 e. The smallest absolute Gasteiger partial charge is 0.346 e. The van der Waals surface area contributed by atoms with Crippen LogP contribution in [0.1, 0.15) is 5.76 Å². The van der Waals surface area contributed by atoms with Gasteiger partial charge in [0.15, 0.2) is 0 Å². The average Bonchev–Trinajstić information content (AvgIpc) is 2.85. The molecule has 19 heavy (non-hydrogen) atoms. The predicted molar refractivity (Wildman–Crippen MR) is 70.4 cm³/mol. The highest BCUT2D eigenvalue weighted by molar-refractivity contribution is 6.30. The summed E-state index contributed by atoms with van der Waals surface area (Å²) >= 11 is 5.79. The highest BCUT2D eigenvalue weighted by atomic mass is 35.5. The minimum Gasteiger partial charge on any atom is -0.477 e. The van der Waals surface area contributed by atoms with Gasteiger partial charge in [-0.3, -0.25) is 0 Å². The molecule has 0 saturated heterocycles. The summed E-state index contributed by atoms with van der Waals surface area (Å²) in [6.45, 7) is 0. The summed E-state index contributed by atoms with van der Waals surface area (Å²) in [4.78, 5) is 10.7. The van der Waals surface area contributed by atoms with E-state index < -0.39 is 5.97 Å². The molecule has 2 aromatic rings. The molecule has 0 bridgehead atoms. The van der Waals surface area contributed by atoms with Crippen LogP contribution in [0.4, 0.5) is 0 Å². The lowest BCUT2D eigenvalue weighted by Crippen LogP contribution is -1.96. The first-order valence-electron chi connectivity index (χ1n) is 5.31. The molecule has 1 aromatic carbocycles. The van der Waals surface area contributed by atoms with Crippen LogP contribution in [0.25, 0.3) is 17.4 Å². The normalized spacial score (nSPS) is 11.1. The van der Waals surface area contributed by atoms with Crippen LogP contribution in [0.5, 0.6) is 0 Å². The Balaban J connectivity index is 2.32. The van der Waals surface area contributed by atoms with Crippen molar-refractivity contribution in [2.24, 2.45) is 0 Å². The van der Waals surface area contributed by atoms with Gasteiger partial charge in [-0.2, -0.15) is 5.26 Å². The summed E-state index contributed by atoms with van der Waals surface area (Å²) in [6, 6.07) is 11.9. The van der Waals surface area contributed by atoms with Crippen LogP contribution in [-0.4, -0.2) is 11.1 Å². The van der Waals surface area contributed by atoms with Gasteiger partial charge in [0.05, 0.1) is 0 Å². The summed E-state index contributed by atoms with van der Waals surface area (Å²) in [7, 11) is 0. The highest BCUT2D eigenvalue weighted by Crippen LogP contribution is 2.24. The van der Waals surface area contributed by atoms with E-state index >= 15 is 0 Å². The zero-order chi connectivity index (χ0) is 13.8. The van der Waals surface area contributed by atoms with Crippen molar-refractivity contribution in [1.29, 1.82) is 5.26 Å². The molecular formula is C14H8ClNO3. The average molecular weight is 274 g/mol. The molecule has 0 saturated carbocycles. The molecule has 0 spiro atoms. The van der Waals surface area contributed by atoms with Crippen molar-refractivity contribution in [3.05, 3.63) is 52.8 Å². The van der Waals surface area contributed by atoms with E-state index in [1.54, 1.807) is 42.5 Å². The van der Waals surface area contributed by atoms with Gasteiger partial charge in [-0.15, -0.1) is 0 Å². The Morgan fingerprint density at radius 2 is 1.95 bits per heavy atom. The summed E-state index contributed by atoms with van der Waals surface area (Å²) < 4.78 is 5.46. The second-order valence-corrected chi connectivity index (χ2v) is 4.12. The molecular weight excluding hydrogens is 266 g/mol. The van der Waals surface area contributed by atoms with Crippen molar-refractivity contribution >= 4 is 23.6 Å². The lowest BCUT2D eigenvalue weighted by atomic mass is 10.2. The number of hydrogen-bond acceptors (Lipinski definition) is 3. The number of halogens is 1. The zero-order valence-electron chi connectivity index (χ0n) is 9.63. The van der Waals surface area contributed by atoms with Gasteiger partial charge in [0.25, 0.3) is 0 Å². The van der Waals surface area contributed by atoms with E-state index in [1.807, 2.05) is 0 Å². The molecule has 0 aliphatic carbocycles. The maximum atomic E-state index is 10.7. The van der Waals surface area contributed by atoms with Gasteiger partial charge in [-0.1, -0.05) is 11.6 Å². The standard InChI is InChI=1S/C14H8ClNO3/c15-11-3-1-9(2-4-11)13-6-5-12(19-13)7-10(8-16)14(17)18/h1-7H,(H,17,18)/b10-7+. The Labute approximate surface area is 114 Å². The number of carbonyl (C=O) groups is 1. The number of carboxylic acid groups (broad SMARTS) is 1. The van der Waals surface area contributed by atoms with Crippen LogP contribution in [-0.2, 0) is 4.79 Å². The van der Waals surface area contributed by atoms with Crippen molar-refractivity contribution < 1.29 is 14.3 Å². The molecule has 94 valence electrons. The Kier molecular flexibility index (Phi) is 3.69. The Morgan fingerprint density at radius 1 is 1.26 bits per heavy atom. The van der Waals surface area contributed by atoms with E-state index in [2.05, 4.69) is 0 Å². The summed E-state index contributed by atoms with van der Waals surface area (Å²) in [5.41, 5.74) is 0.440. The zero-order valence-corrected chi connectivity index (χ0v) is 10.4. The second-order valence-electron chi connectivity index (χ2n) is 3.68. The number of furan rings is 1. The van der Waals surface area contributed by atoms with Gasteiger partial charge in [-0.05, 0) is 36.4 Å². The van der Waals surface area contributed by atoms with Crippen molar-refractivity contribution in [2.75, 3.05) is 0 Å². The minimum atomic E-state index is -1.29. The van der Waals surface area contributed by atoms with Gasteiger partial charge in [-0.25, -0.2) is 4.79 Å². The van der Waals surface area contributed by atoms with Crippen LogP contribution in [0.15, 0.2) is 46.4 Å². The van der Waals surface area contributed by atoms with Crippen molar-refractivity contribution in [3.63, 3.8) is 0 Å². The summed E-state index contributed by atoms with van der Waals surface area (Å²) in [6.07, 6.45) is 1.18. The van der Waals surface area contributed by atoms with Crippen molar-refractivity contribution in [3.8, 4) is 17.4 Å². The number of aliphatic carboxylic acids is 1. The van der Waals surface area contributed by atoms with Crippen LogP contribution in [0.2, 0.25) is 5.02 Å². The van der Waals surface area contributed by atoms with Gasteiger partial charge in [0.1, 0.15) is 23.2 Å². The fourth-order valence-corrected chi connectivity index (χ4v) is 1.61. The van der Waals surface area contributed by atoms with E-state index in [1.165, 1.54) is 6.08 Å². The molecule has 1 heterocycles. The lowest BCUT2D eigenvalue weighted by molar-refractivity contribution is -0.132. The SMILES string of the molecule is N#C/C(=C\c1ccc(-c2ccc(Cl)cc2)o1)C(=O)O. The Bertz CT molecular complexity index is 677. The topological polar surface area (TPSA) is 74.2 Å².